The van der Waals surface area contributed by atoms with Crippen LogP contribution in [0.15, 0.2) is 73.1 Å². The molecule has 1 aromatic heterocycles. The first-order chi connectivity index (χ1) is 22.6. The number of fused-ring (bicyclic) bond motifs is 18. The third-order valence-electron chi connectivity index (χ3n) is 7.95. The van der Waals surface area contributed by atoms with E-state index in [0.717, 1.165) is 11.1 Å². The van der Waals surface area contributed by atoms with Gasteiger partial charge in [0.05, 0.1) is 0 Å². The van der Waals surface area contributed by atoms with Gasteiger partial charge in [-0.3, -0.25) is 28.7 Å². The van der Waals surface area contributed by atoms with Gasteiger partial charge in [0.25, 0.3) is 5.91 Å². The van der Waals surface area contributed by atoms with Gasteiger partial charge in [-0.05, 0) is 61.4 Å². The van der Waals surface area contributed by atoms with Crippen molar-refractivity contribution in [1.82, 2.24) is 35.9 Å². The molecule has 5 rings (SSSR count). The molecule has 47 heavy (non-hydrogen) atoms. The zero-order valence-corrected chi connectivity index (χ0v) is 27.3. The Morgan fingerprint density at radius 1 is 0.872 bits per heavy atom. The SMILES string of the molecule is CC(C)C[C@@H]1NC(=O)[C@@H](Cc2ccccc2)NC(=O)c2ccc(cc2)CN(C(=O)Cn2cccn2)CCCCNC(=O)[C@@H](C)NC1=O. The maximum atomic E-state index is 13.7. The van der Waals surface area contributed by atoms with Crippen LogP contribution in [0.5, 0.6) is 0 Å². The molecule has 12 heteroatoms. The molecule has 0 aliphatic carbocycles. The molecule has 5 amide bonds. The number of aromatic nitrogens is 2. The Bertz CT molecular complexity index is 1490. The molecule has 250 valence electrons. The smallest absolute Gasteiger partial charge is 0.251 e. The van der Waals surface area contributed by atoms with Gasteiger partial charge >= 0.3 is 0 Å². The van der Waals surface area contributed by atoms with Gasteiger partial charge in [-0.2, -0.15) is 5.10 Å². The molecule has 3 aromatic rings. The first kappa shape index (κ1) is 34.9. The molecule has 2 aliphatic rings. The third kappa shape index (κ3) is 10.8. The van der Waals surface area contributed by atoms with Gasteiger partial charge in [0.15, 0.2) is 0 Å². The Morgan fingerprint density at radius 3 is 2.28 bits per heavy atom. The lowest BCUT2D eigenvalue weighted by Crippen LogP contribution is -2.57. The fraction of sp³-hybridized carbons (Fsp3) is 0.429. The number of benzene rings is 2. The van der Waals surface area contributed by atoms with E-state index in [2.05, 4.69) is 26.4 Å². The molecule has 2 bridgehead atoms. The minimum Gasteiger partial charge on any atom is -0.354 e. The van der Waals surface area contributed by atoms with Crippen LogP contribution >= 0.6 is 0 Å². The lowest BCUT2D eigenvalue weighted by molar-refractivity contribution is -0.133. The van der Waals surface area contributed by atoms with E-state index in [1.165, 1.54) is 0 Å². The zero-order valence-electron chi connectivity index (χ0n) is 27.3. The predicted molar refractivity (Wildman–Crippen MR) is 177 cm³/mol. The molecule has 3 heterocycles. The lowest BCUT2D eigenvalue weighted by Gasteiger charge is -2.25. The van der Waals surface area contributed by atoms with Crippen LogP contribution in [0.1, 0.15) is 61.5 Å². The van der Waals surface area contributed by atoms with Crippen LogP contribution in [0.4, 0.5) is 0 Å². The Labute approximate surface area is 275 Å². The van der Waals surface area contributed by atoms with E-state index in [0.29, 0.717) is 44.5 Å². The van der Waals surface area contributed by atoms with Crippen LogP contribution in [-0.2, 0) is 38.7 Å². The van der Waals surface area contributed by atoms with E-state index in [1.807, 2.05) is 44.2 Å². The number of nitrogens with one attached hydrogen (secondary N) is 4. The highest BCUT2D eigenvalue weighted by Gasteiger charge is 2.29. The maximum absolute atomic E-state index is 13.7. The molecular weight excluding hydrogens is 598 g/mol. The van der Waals surface area contributed by atoms with Gasteiger partial charge < -0.3 is 26.2 Å². The Hall–Kier alpha value is -5.00. The normalized spacial score (nSPS) is 20.5. The summed E-state index contributed by atoms with van der Waals surface area (Å²) in [7, 11) is 0. The largest absolute Gasteiger partial charge is 0.354 e. The van der Waals surface area contributed by atoms with Gasteiger partial charge in [-0.1, -0.05) is 56.3 Å². The van der Waals surface area contributed by atoms with Gasteiger partial charge in [0.2, 0.25) is 23.6 Å². The van der Waals surface area contributed by atoms with Crippen molar-refractivity contribution in [2.45, 2.75) is 77.7 Å². The molecule has 0 spiro atoms. The summed E-state index contributed by atoms with van der Waals surface area (Å²) in [6.45, 7) is 6.71. The molecule has 4 N–H and O–H groups in total. The number of hydrogen-bond acceptors (Lipinski definition) is 6. The maximum Gasteiger partial charge on any atom is 0.251 e. The summed E-state index contributed by atoms with van der Waals surface area (Å²) in [6, 6.07) is 15.3. The van der Waals surface area contributed by atoms with Crippen molar-refractivity contribution >= 4 is 29.5 Å². The van der Waals surface area contributed by atoms with E-state index < -0.39 is 35.8 Å². The van der Waals surface area contributed by atoms with E-state index in [-0.39, 0.29) is 30.7 Å². The molecule has 3 atom stereocenters. The average Bonchev–Trinajstić information content (AvgIpc) is 3.56. The number of hydrogen-bond donors (Lipinski definition) is 4. The molecule has 0 fully saturated rings. The number of carbonyl (C=O) groups excluding carboxylic acids is 5. The summed E-state index contributed by atoms with van der Waals surface area (Å²) < 4.78 is 1.57. The van der Waals surface area contributed by atoms with Gasteiger partial charge in [0.1, 0.15) is 24.7 Å². The van der Waals surface area contributed by atoms with Crippen LogP contribution in [0.25, 0.3) is 0 Å². The number of rotatable bonds is 6. The second-order valence-electron chi connectivity index (χ2n) is 12.4. The minimum absolute atomic E-state index is 0.0660. The highest BCUT2D eigenvalue weighted by atomic mass is 16.2. The van der Waals surface area contributed by atoms with Crippen LogP contribution < -0.4 is 21.3 Å². The molecule has 2 aromatic carbocycles. The molecule has 0 radical (unpaired) electrons. The van der Waals surface area contributed by atoms with E-state index in [9.17, 15) is 24.0 Å². The van der Waals surface area contributed by atoms with Crippen LogP contribution in [0, 0.1) is 5.92 Å². The Balaban J connectivity index is 1.59. The molecule has 0 saturated carbocycles. The highest BCUT2D eigenvalue weighted by molar-refractivity contribution is 5.99. The zero-order chi connectivity index (χ0) is 33.8. The van der Waals surface area contributed by atoms with Crippen molar-refractivity contribution in [3.8, 4) is 0 Å². The molecular formula is C35H45N7O5. The van der Waals surface area contributed by atoms with Gasteiger partial charge in [-0.15, -0.1) is 0 Å². The van der Waals surface area contributed by atoms with Crippen LogP contribution in [0.3, 0.4) is 0 Å². The quantitative estimate of drug-likeness (QED) is 0.302. The van der Waals surface area contributed by atoms with Crippen LogP contribution in [-0.4, -0.2) is 75.4 Å². The van der Waals surface area contributed by atoms with E-state index in [1.54, 1.807) is 59.2 Å². The fourth-order valence-corrected chi connectivity index (χ4v) is 5.35. The standard InChI is InChI=1S/C35H45N7O5/c1-24(2)20-29-34(46)38-25(3)32(44)36-16-7-8-18-41(31(43)23-42-19-9-17-37-42)22-27-12-14-28(15-13-27)33(45)39-30(35(47)40-29)21-26-10-5-4-6-11-26/h4-6,9-15,17,19,24-25,29-30H,7-8,16,18,20-23H2,1-3H3,(H,36,44)(H,38,46)(H,39,45)(H,40,47)/t25-,29+,30-/m1/s1. The van der Waals surface area contributed by atoms with Gasteiger partial charge in [-0.25, -0.2) is 0 Å². The summed E-state index contributed by atoms with van der Waals surface area (Å²) in [4.78, 5) is 68.3. The van der Waals surface area contributed by atoms with E-state index >= 15 is 0 Å². The summed E-state index contributed by atoms with van der Waals surface area (Å²) in [6.07, 6.45) is 5.15. The first-order valence-corrected chi connectivity index (χ1v) is 16.2. The summed E-state index contributed by atoms with van der Waals surface area (Å²) in [5.74, 6) is -1.82. The van der Waals surface area contributed by atoms with Crippen molar-refractivity contribution in [2.24, 2.45) is 5.92 Å². The fourth-order valence-electron chi connectivity index (χ4n) is 5.35. The summed E-state index contributed by atoms with van der Waals surface area (Å²) >= 11 is 0. The number of nitrogens with zero attached hydrogens (tertiary/aromatic N) is 3. The molecule has 0 saturated heterocycles. The Kier molecular flexibility index (Phi) is 12.7. The highest BCUT2D eigenvalue weighted by Crippen LogP contribution is 2.13. The number of carbonyl (C=O) groups is 5. The second kappa shape index (κ2) is 17.1. The monoisotopic (exact) mass is 643 g/mol. The van der Waals surface area contributed by atoms with Crippen molar-refractivity contribution in [2.75, 3.05) is 13.1 Å². The Morgan fingerprint density at radius 2 is 1.60 bits per heavy atom. The van der Waals surface area contributed by atoms with Crippen molar-refractivity contribution < 1.29 is 24.0 Å². The topological polar surface area (TPSA) is 155 Å². The third-order valence-corrected chi connectivity index (χ3v) is 7.95. The van der Waals surface area contributed by atoms with E-state index in [4.69, 9.17) is 0 Å². The second-order valence-corrected chi connectivity index (χ2v) is 12.4. The van der Waals surface area contributed by atoms with Crippen molar-refractivity contribution in [1.29, 1.82) is 0 Å². The molecule has 0 unspecified atom stereocenters. The van der Waals surface area contributed by atoms with Crippen molar-refractivity contribution in [3.63, 3.8) is 0 Å². The first-order valence-electron chi connectivity index (χ1n) is 16.2. The molecule has 2 aliphatic heterocycles. The van der Waals surface area contributed by atoms with Crippen LogP contribution in [0.2, 0.25) is 0 Å². The predicted octanol–water partition coefficient (Wildman–Crippen LogP) is 2.20. The summed E-state index contributed by atoms with van der Waals surface area (Å²) in [5, 5.41) is 15.4. The molecule has 12 nitrogen and oxygen atoms in total. The average molecular weight is 644 g/mol. The van der Waals surface area contributed by atoms with Gasteiger partial charge in [0, 0.05) is 44.0 Å². The number of amides is 5. The lowest BCUT2D eigenvalue weighted by atomic mass is 10.0. The van der Waals surface area contributed by atoms with Crippen molar-refractivity contribution in [3.05, 3.63) is 89.7 Å². The summed E-state index contributed by atoms with van der Waals surface area (Å²) in [5.41, 5.74) is 2.03. The minimum atomic E-state index is -0.975.